The van der Waals surface area contributed by atoms with Crippen LogP contribution in [0, 0.1) is 6.92 Å². The molecule has 1 aliphatic heterocycles. The second kappa shape index (κ2) is 15.9. The van der Waals surface area contributed by atoms with E-state index < -0.39 is 12.0 Å². The van der Waals surface area contributed by atoms with E-state index in [1.54, 1.807) is 18.9 Å². The van der Waals surface area contributed by atoms with Crippen LogP contribution in [0.4, 0.5) is 0 Å². The summed E-state index contributed by atoms with van der Waals surface area (Å²) in [5, 5.41) is 2.93. The highest BCUT2D eigenvalue weighted by Gasteiger charge is 2.32. The zero-order valence-corrected chi connectivity index (χ0v) is 25.8. The van der Waals surface area contributed by atoms with Crippen molar-refractivity contribution < 1.29 is 23.8 Å². The number of amides is 1. The van der Waals surface area contributed by atoms with E-state index >= 15 is 0 Å². The van der Waals surface area contributed by atoms with Crippen molar-refractivity contribution in [1.29, 1.82) is 0 Å². The number of hydrogen-bond donors (Lipinski definition) is 1. The van der Waals surface area contributed by atoms with E-state index in [4.69, 9.17) is 14.2 Å². The molecule has 1 amide bonds. The number of esters is 1. The lowest BCUT2D eigenvalue weighted by atomic mass is 9.93. The minimum atomic E-state index is -0.702. The first-order valence-corrected chi connectivity index (χ1v) is 15.8. The Bertz CT molecular complexity index is 1320. The first-order valence-electron chi connectivity index (χ1n) is 14.4. The van der Waals surface area contributed by atoms with Crippen molar-refractivity contribution >= 4 is 23.6 Å². The zero-order valence-electron chi connectivity index (χ0n) is 25.0. The first-order chi connectivity index (χ1) is 20.4. The van der Waals surface area contributed by atoms with Gasteiger partial charge in [0.05, 0.1) is 26.4 Å². The lowest BCUT2D eigenvalue weighted by Gasteiger charge is -2.25. The van der Waals surface area contributed by atoms with Crippen molar-refractivity contribution in [2.24, 2.45) is 0 Å². The van der Waals surface area contributed by atoms with Gasteiger partial charge in [0.2, 0.25) is 0 Å². The number of methoxy groups -OCH3 is 2. The molecule has 1 fully saturated rings. The number of hydrogen-bond acceptors (Lipinski definition) is 7. The number of ether oxygens (including phenoxy) is 3. The molecular formula is C34H42N2O5S. The summed E-state index contributed by atoms with van der Waals surface area (Å²) < 4.78 is 16.8. The molecule has 3 aromatic carbocycles. The van der Waals surface area contributed by atoms with Crippen LogP contribution < -0.4 is 5.32 Å². The number of carbonyl (C=O) groups is 2. The predicted molar refractivity (Wildman–Crippen MR) is 169 cm³/mol. The fraction of sp³-hybridized carbons (Fsp3) is 0.412. The van der Waals surface area contributed by atoms with Gasteiger partial charge in [-0.05, 0) is 71.7 Å². The van der Waals surface area contributed by atoms with Gasteiger partial charge in [-0.3, -0.25) is 9.69 Å². The Hall–Kier alpha value is -3.17. The molecule has 1 aliphatic rings. The standard InChI is InChI=1S/C34H42N2O5S/c1-24-10-8-9-13-29(24)31-18-26(14-15-30(31)33(37)35-32(16-17-42-4)34(38)40-3)20-36-21-28(39-2)19-27(36)23-41-22-25-11-6-5-7-12-25/h5-15,18,27-28,32H,16-17,19-23H2,1-4H3,(H,35,37)/t27-,28?,32-/m0/s1. The number of carbonyl (C=O) groups excluding carboxylic acids is 2. The number of benzene rings is 3. The molecule has 3 aromatic rings. The molecule has 42 heavy (non-hydrogen) atoms. The minimum absolute atomic E-state index is 0.146. The second-order valence-corrected chi connectivity index (χ2v) is 11.7. The molecule has 0 aliphatic carbocycles. The summed E-state index contributed by atoms with van der Waals surface area (Å²) in [4.78, 5) is 28.4. The molecule has 0 aromatic heterocycles. The minimum Gasteiger partial charge on any atom is -0.467 e. The van der Waals surface area contributed by atoms with Crippen molar-refractivity contribution in [3.63, 3.8) is 0 Å². The lowest BCUT2D eigenvalue weighted by Crippen LogP contribution is -2.42. The van der Waals surface area contributed by atoms with Gasteiger partial charge < -0.3 is 19.5 Å². The van der Waals surface area contributed by atoms with E-state index in [1.807, 2.05) is 67.8 Å². The highest BCUT2D eigenvalue weighted by atomic mass is 32.2. The van der Waals surface area contributed by atoms with Gasteiger partial charge in [0.1, 0.15) is 6.04 Å². The van der Waals surface area contributed by atoms with Crippen molar-refractivity contribution in [1.82, 2.24) is 10.2 Å². The van der Waals surface area contributed by atoms with Crippen LogP contribution in [0.15, 0.2) is 72.8 Å². The van der Waals surface area contributed by atoms with Crippen LogP contribution in [0.3, 0.4) is 0 Å². The molecule has 1 unspecified atom stereocenters. The molecule has 3 atom stereocenters. The Labute approximate surface area is 253 Å². The van der Waals surface area contributed by atoms with Crippen LogP contribution in [-0.2, 0) is 32.2 Å². The zero-order chi connectivity index (χ0) is 29.9. The fourth-order valence-corrected chi connectivity index (χ4v) is 5.92. The van der Waals surface area contributed by atoms with E-state index in [9.17, 15) is 9.59 Å². The lowest BCUT2D eigenvalue weighted by molar-refractivity contribution is -0.142. The van der Waals surface area contributed by atoms with Gasteiger partial charge in [0.25, 0.3) is 5.91 Å². The first kappa shape index (κ1) is 31.8. The molecule has 4 rings (SSSR count). The van der Waals surface area contributed by atoms with Gasteiger partial charge in [-0.15, -0.1) is 0 Å². The van der Waals surface area contributed by atoms with Crippen LogP contribution in [0.25, 0.3) is 11.1 Å². The average molecular weight is 591 g/mol. The van der Waals surface area contributed by atoms with Crippen LogP contribution in [0.2, 0.25) is 0 Å². The number of aryl methyl sites for hydroxylation is 1. The summed E-state index contributed by atoms with van der Waals surface area (Å²) in [6.07, 6.45) is 3.52. The Morgan fingerprint density at radius 2 is 1.76 bits per heavy atom. The molecule has 1 heterocycles. The predicted octanol–water partition coefficient (Wildman–Crippen LogP) is 5.49. The van der Waals surface area contributed by atoms with Crippen LogP contribution >= 0.6 is 11.8 Å². The van der Waals surface area contributed by atoms with Crippen molar-refractivity contribution in [2.75, 3.05) is 39.4 Å². The monoisotopic (exact) mass is 590 g/mol. The van der Waals surface area contributed by atoms with Crippen molar-refractivity contribution in [3.05, 3.63) is 95.1 Å². The average Bonchev–Trinajstić information content (AvgIpc) is 3.40. The Morgan fingerprint density at radius 3 is 2.48 bits per heavy atom. The third-order valence-corrected chi connectivity index (χ3v) is 8.44. The molecule has 224 valence electrons. The summed E-state index contributed by atoms with van der Waals surface area (Å²) in [6, 6.07) is 23.8. The van der Waals surface area contributed by atoms with Crippen molar-refractivity contribution in [2.45, 2.75) is 51.1 Å². The van der Waals surface area contributed by atoms with Gasteiger partial charge in [-0.1, -0.05) is 60.7 Å². The molecule has 7 nitrogen and oxygen atoms in total. The molecule has 0 saturated carbocycles. The molecule has 1 saturated heterocycles. The SMILES string of the molecule is COC(=O)[C@H](CCSC)NC(=O)c1ccc(CN2CC(OC)C[C@H]2COCc2ccccc2)cc1-c1ccccc1C. The third kappa shape index (κ3) is 8.44. The smallest absolute Gasteiger partial charge is 0.328 e. The van der Waals surface area contributed by atoms with Gasteiger partial charge in [0.15, 0.2) is 0 Å². The van der Waals surface area contributed by atoms with E-state index in [-0.39, 0.29) is 18.1 Å². The molecular weight excluding hydrogens is 548 g/mol. The maximum absolute atomic E-state index is 13.6. The molecule has 0 bridgehead atoms. The number of thioether (sulfide) groups is 1. The van der Waals surface area contributed by atoms with Crippen LogP contribution in [-0.4, -0.2) is 74.3 Å². The van der Waals surface area contributed by atoms with E-state index in [2.05, 4.69) is 28.4 Å². The highest BCUT2D eigenvalue weighted by molar-refractivity contribution is 7.98. The second-order valence-electron chi connectivity index (χ2n) is 10.7. The van der Waals surface area contributed by atoms with Gasteiger partial charge >= 0.3 is 5.97 Å². The summed E-state index contributed by atoms with van der Waals surface area (Å²) in [5.41, 5.74) is 5.69. The summed E-state index contributed by atoms with van der Waals surface area (Å²) in [6.45, 7) is 4.76. The fourth-order valence-electron chi connectivity index (χ4n) is 5.45. The molecule has 0 spiro atoms. The van der Waals surface area contributed by atoms with Gasteiger partial charge in [-0.25, -0.2) is 4.79 Å². The largest absolute Gasteiger partial charge is 0.467 e. The highest BCUT2D eigenvalue weighted by Crippen LogP contribution is 2.30. The third-order valence-electron chi connectivity index (χ3n) is 7.80. The number of nitrogens with one attached hydrogen (secondary N) is 1. The Balaban J connectivity index is 1.56. The molecule has 1 N–H and O–H groups in total. The number of nitrogens with zero attached hydrogens (tertiary/aromatic N) is 1. The molecule has 0 radical (unpaired) electrons. The maximum Gasteiger partial charge on any atom is 0.328 e. The Kier molecular flexibility index (Phi) is 12.0. The van der Waals surface area contributed by atoms with Crippen LogP contribution in [0.1, 0.15) is 39.9 Å². The number of likely N-dealkylation sites (tertiary alicyclic amines) is 1. The summed E-state index contributed by atoms with van der Waals surface area (Å²) in [7, 11) is 3.11. The normalized spacial score (nSPS) is 17.6. The number of rotatable bonds is 14. The molecule has 8 heteroatoms. The van der Waals surface area contributed by atoms with Gasteiger partial charge in [0, 0.05) is 31.8 Å². The van der Waals surface area contributed by atoms with Crippen molar-refractivity contribution in [3.8, 4) is 11.1 Å². The van der Waals surface area contributed by atoms with Crippen LogP contribution in [0.5, 0.6) is 0 Å². The van der Waals surface area contributed by atoms with E-state index in [0.717, 1.165) is 46.5 Å². The maximum atomic E-state index is 13.6. The van der Waals surface area contributed by atoms with E-state index in [0.29, 0.717) is 31.7 Å². The topological polar surface area (TPSA) is 77.1 Å². The summed E-state index contributed by atoms with van der Waals surface area (Å²) in [5.74, 6) is 0.0101. The van der Waals surface area contributed by atoms with Gasteiger partial charge in [-0.2, -0.15) is 11.8 Å². The quantitative estimate of drug-likeness (QED) is 0.249. The summed E-state index contributed by atoms with van der Waals surface area (Å²) >= 11 is 1.62. The van der Waals surface area contributed by atoms with E-state index in [1.165, 1.54) is 7.11 Å². The Morgan fingerprint density at radius 1 is 1.00 bits per heavy atom.